The van der Waals surface area contributed by atoms with Crippen LogP contribution in [0.25, 0.3) is 0 Å². The molecule has 0 aromatic heterocycles. The number of ether oxygens (including phenoxy) is 1. The third-order valence-electron chi connectivity index (χ3n) is 4.41. The molecule has 0 saturated carbocycles. The number of esters is 1. The number of carbonyl (C=O) groups is 1. The van der Waals surface area contributed by atoms with Crippen LogP contribution in [0.15, 0.2) is 24.3 Å². The van der Waals surface area contributed by atoms with Crippen LogP contribution in [0.5, 0.6) is 0 Å². The van der Waals surface area contributed by atoms with E-state index < -0.39 is 0 Å². The summed E-state index contributed by atoms with van der Waals surface area (Å²) in [6, 6.07) is 6.61. The molecule has 20 heavy (non-hydrogen) atoms. The molecule has 110 valence electrons. The predicted octanol–water partition coefficient (Wildman–Crippen LogP) is 3.03. The van der Waals surface area contributed by atoms with Crippen molar-refractivity contribution in [3.63, 3.8) is 0 Å². The molecule has 0 N–H and O–H groups in total. The van der Waals surface area contributed by atoms with Crippen molar-refractivity contribution in [3.8, 4) is 0 Å². The maximum atomic E-state index is 12.8. The zero-order valence-corrected chi connectivity index (χ0v) is 12.2. The number of halogens is 2. The Hall–Kier alpha value is -1.13. The van der Waals surface area contributed by atoms with Gasteiger partial charge in [-0.2, -0.15) is 0 Å². The zero-order valence-electron chi connectivity index (χ0n) is 11.4. The zero-order chi connectivity index (χ0) is 13.4. The van der Waals surface area contributed by atoms with E-state index in [4.69, 9.17) is 4.74 Å². The number of nitrogens with zero attached hydrogens (tertiary/aromatic N) is 1. The lowest BCUT2D eigenvalue weighted by atomic mass is 10.0. The minimum atomic E-state index is -0.339. The lowest BCUT2D eigenvalue weighted by Gasteiger charge is -2.35. The van der Waals surface area contributed by atoms with Gasteiger partial charge in [-0.25, -0.2) is 9.18 Å². The van der Waals surface area contributed by atoms with Crippen LogP contribution in [0.4, 0.5) is 4.39 Å². The van der Waals surface area contributed by atoms with Gasteiger partial charge in [0.25, 0.3) is 0 Å². The Kier molecular flexibility index (Phi) is 4.66. The van der Waals surface area contributed by atoms with Crippen LogP contribution in [0.2, 0.25) is 0 Å². The minimum absolute atomic E-state index is 0. The summed E-state index contributed by atoms with van der Waals surface area (Å²) < 4.78 is 18.4. The quantitative estimate of drug-likeness (QED) is 0.786. The number of rotatable bonds is 2. The third kappa shape index (κ3) is 2.96. The van der Waals surface area contributed by atoms with Gasteiger partial charge in [0, 0.05) is 24.9 Å². The molecule has 0 spiro atoms. The van der Waals surface area contributed by atoms with Crippen LogP contribution in [-0.2, 0) is 4.74 Å². The van der Waals surface area contributed by atoms with Crippen LogP contribution < -0.4 is 0 Å². The maximum absolute atomic E-state index is 12.8. The topological polar surface area (TPSA) is 29.5 Å². The average Bonchev–Trinajstić information content (AvgIpc) is 2.63. The molecule has 1 aromatic rings. The van der Waals surface area contributed by atoms with Crippen LogP contribution in [-0.4, -0.2) is 36.1 Å². The summed E-state index contributed by atoms with van der Waals surface area (Å²) in [6.45, 7) is 0. The highest BCUT2D eigenvalue weighted by Crippen LogP contribution is 2.35. The molecule has 3 rings (SSSR count). The molecule has 1 aromatic carbocycles. The normalized spacial score (nSPS) is 28.8. The average molecular weight is 300 g/mol. The van der Waals surface area contributed by atoms with Crippen LogP contribution in [0, 0.1) is 5.82 Å². The summed E-state index contributed by atoms with van der Waals surface area (Å²) in [6.07, 6.45) is 4.24. The van der Waals surface area contributed by atoms with E-state index in [2.05, 4.69) is 11.9 Å². The predicted molar refractivity (Wildman–Crippen MR) is 76.7 cm³/mol. The minimum Gasteiger partial charge on any atom is -0.459 e. The second-order valence-electron chi connectivity index (χ2n) is 5.56. The van der Waals surface area contributed by atoms with Crippen LogP contribution >= 0.6 is 12.4 Å². The van der Waals surface area contributed by atoms with Gasteiger partial charge in [0.2, 0.25) is 0 Å². The highest BCUT2D eigenvalue weighted by atomic mass is 35.5. The van der Waals surface area contributed by atoms with Gasteiger partial charge < -0.3 is 9.64 Å². The molecule has 2 aliphatic heterocycles. The first-order valence-corrected chi connectivity index (χ1v) is 6.82. The Morgan fingerprint density at radius 3 is 2.30 bits per heavy atom. The third-order valence-corrected chi connectivity index (χ3v) is 4.41. The first-order chi connectivity index (χ1) is 9.13. The van der Waals surface area contributed by atoms with Crippen molar-refractivity contribution in [2.75, 3.05) is 7.05 Å². The van der Waals surface area contributed by atoms with Gasteiger partial charge in [-0.05, 0) is 44.2 Å². The van der Waals surface area contributed by atoms with Gasteiger partial charge in [-0.3, -0.25) is 0 Å². The van der Waals surface area contributed by atoms with Crippen molar-refractivity contribution in [1.82, 2.24) is 4.90 Å². The molecular weight excluding hydrogens is 281 g/mol. The van der Waals surface area contributed by atoms with E-state index in [9.17, 15) is 9.18 Å². The van der Waals surface area contributed by atoms with Gasteiger partial charge in [-0.1, -0.05) is 0 Å². The second kappa shape index (κ2) is 6.10. The molecule has 2 bridgehead atoms. The standard InChI is InChI=1S/C15H18FNO2.ClH/c1-17-12-6-7-13(17)9-14(8-12)19-15(18)10-2-4-11(16)5-3-10;/h2-5,12-14H,6-9H2,1H3;1H/t12-,13+,14?;. The number of fused-ring (bicyclic) bond motifs is 2. The summed E-state index contributed by atoms with van der Waals surface area (Å²) in [7, 11) is 2.15. The Labute approximate surface area is 124 Å². The van der Waals surface area contributed by atoms with Crippen molar-refractivity contribution in [3.05, 3.63) is 35.6 Å². The molecule has 0 amide bonds. The van der Waals surface area contributed by atoms with Gasteiger partial charge in [-0.15, -0.1) is 12.4 Å². The number of benzene rings is 1. The molecule has 2 aliphatic rings. The van der Waals surface area contributed by atoms with Gasteiger partial charge in [0.1, 0.15) is 11.9 Å². The Morgan fingerprint density at radius 2 is 1.75 bits per heavy atom. The summed E-state index contributed by atoms with van der Waals surface area (Å²) in [5, 5.41) is 0. The second-order valence-corrected chi connectivity index (χ2v) is 5.56. The van der Waals surface area contributed by atoms with Gasteiger partial charge in [0.15, 0.2) is 0 Å². The van der Waals surface area contributed by atoms with E-state index in [0.29, 0.717) is 17.6 Å². The first-order valence-electron chi connectivity index (χ1n) is 6.82. The van der Waals surface area contributed by atoms with Crippen molar-refractivity contribution in [2.24, 2.45) is 0 Å². The molecule has 3 atom stereocenters. The molecule has 5 heteroatoms. The fourth-order valence-electron chi connectivity index (χ4n) is 3.26. The van der Waals surface area contributed by atoms with Crippen molar-refractivity contribution in [2.45, 2.75) is 43.9 Å². The lowest BCUT2D eigenvalue weighted by molar-refractivity contribution is -0.000451. The molecule has 2 fully saturated rings. The highest BCUT2D eigenvalue weighted by molar-refractivity contribution is 5.89. The maximum Gasteiger partial charge on any atom is 0.338 e. The Balaban J connectivity index is 0.00000147. The molecule has 3 nitrogen and oxygen atoms in total. The van der Waals surface area contributed by atoms with Crippen molar-refractivity contribution >= 4 is 18.4 Å². The summed E-state index contributed by atoms with van der Waals surface area (Å²) in [4.78, 5) is 14.4. The number of hydrogen-bond acceptors (Lipinski definition) is 3. The van der Waals surface area contributed by atoms with Gasteiger partial charge in [0.05, 0.1) is 5.56 Å². The fourth-order valence-corrected chi connectivity index (χ4v) is 3.26. The van der Waals surface area contributed by atoms with E-state index in [1.54, 1.807) is 0 Å². The van der Waals surface area contributed by atoms with E-state index in [1.807, 2.05) is 0 Å². The molecule has 0 aliphatic carbocycles. The lowest BCUT2D eigenvalue weighted by Crippen LogP contribution is -2.43. The fraction of sp³-hybridized carbons (Fsp3) is 0.533. The van der Waals surface area contributed by atoms with E-state index >= 15 is 0 Å². The van der Waals surface area contributed by atoms with E-state index in [0.717, 1.165) is 12.8 Å². The summed E-state index contributed by atoms with van der Waals surface area (Å²) in [5.74, 6) is -0.678. The monoisotopic (exact) mass is 299 g/mol. The Morgan fingerprint density at radius 1 is 1.20 bits per heavy atom. The highest BCUT2D eigenvalue weighted by Gasteiger charge is 2.39. The largest absolute Gasteiger partial charge is 0.459 e. The van der Waals surface area contributed by atoms with E-state index in [1.165, 1.54) is 37.1 Å². The van der Waals surface area contributed by atoms with E-state index in [-0.39, 0.29) is 30.3 Å². The molecular formula is C15H19ClFNO2. The van der Waals surface area contributed by atoms with Crippen LogP contribution in [0.1, 0.15) is 36.0 Å². The smallest absolute Gasteiger partial charge is 0.338 e. The van der Waals surface area contributed by atoms with Crippen molar-refractivity contribution in [1.29, 1.82) is 0 Å². The molecule has 0 radical (unpaired) electrons. The molecule has 1 unspecified atom stereocenters. The van der Waals surface area contributed by atoms with Gasteiger partial charge >= 0.3 is 5.97 Å². The molecule has 2 saturated heterocycles. The molecule has 2 heterocycles. The Bertz CT molecular complexity index is 465. The number of carbonyl (C=O) groups excluding carboxylic acids is 1. The summed E-state index contributed by atoms with van der Waals surface area (Å²) >= 11 is 0. The first kappa shape index (κ1) is 15.3. The van der Waals surface area contributed by atoms with Crippen LogP contribution in [0.3, 0.4) is 0 Å². The van der Waals surface area contributed by atoms with Crippen molar-refractivity contribution < 1.29 is 13.9 Å². The SMILES string of the molecule is CN1[C@@H]2CC[C@H]1CC(OC(=O)c1ccc(F)cc1)C2.Cl. The summed E-state index contributed by atoms with van der Waals surface area (Å²) in [5.41, 5.74) is 0.424. The number of piperidine rings is 1. The number of hydrogen-bond donors (Lipinski definition) is 0.